The smallest absolute Gasteiger partial charge is 0.0415 e. The Morgan fingerprint density at radius 1 is 1.05 bits per heavy atom. The molecule has 120 valence electrons. The van der Waals surface area contributed by atoms with E-state index in [0.29, 0.717) is 17.9 Å². The van der Waals surface area contributed by atoms with E-state index < -0.39 is 0 Å². The summed E-state index contributed by atoms with van der Waals surface area (Å²) in [6.07, 6.45) is 0. The Morgan fingerprint density at radius 2 is 1.71 bits per heavy atom. The summed E-state index contributed by atoms with van der Waals surface area (Å²) in [5.74, 6) is 1.30. The topological polar surface area (TPSA) is 15.3 Å². The van der Waals surface area contributed by atoms with Crippen LogP contribution >= 0.6 is 11.6 Å². The lowest BCUT2D eigenvalue weighted by Gasteiger charge is -2.32. The minimum absolute atomic E-state index is 0.484. The summed E-state index contributed by atoms with van der Waals surface area (Å²) >= 11 is 6.20. The van der Waals surface area contributed by atoms with Crippen LogP contribution in [0.1, 0.15) is 47.1 Å². The molecule has 0 saturated carbocycles. The van der Waals surface area contributed by atoms with Gasteiger partial charge in [-0.1, -0.05) is 39.3 Å². The highest BCUT2D eigenvalue weighted by atomic mass is 35.5. The third-order valence-electron chi connectivity index (χ3n) is 3.40. The number of nitrogens with zero attached hydrogens (tertiary/aromatic N) is 1. The molecular formula is C18H31ClN2. The maximum absolute atomic E-state index is 6.20. The van der Waals surface area contributed by atoms with Gasteiger partial charge in [0, 0.05) is 29.8 Å². The van der Waals surface area contributed by atoms with Crippen LogP contribution in [0.5, 0.6) is 0 Å². The van der Waals surface area contributed by atoms with Crippen molar-refractivity contribution >= 4 is 17.3 Å². The third kappa shape index (κ3) is 6.27. The largest absolute Gasteiger partial charge is 0.369 e. The van der Waals surface area contributed by atoms with Gasteiger partial charge >= 0.3 is 0 Å². The van der Waals surface area contributed by atoms with Gasteiger partial charge in [-0.25, -0.2) is 0 Å². The lowest BCUT2D eigenvalue weighted by atomic mass is 10.1. The molecule has 0 unspecified atom stereocenters. The Labute approximate surface area is 135 Å². The van der Waals surface area contributed by atoms with Crippen molar-refractivity contribution in [3.63, 3.8) is 0 Å². The zero-order valence-electron chi connectivity index (χ0n) is 14.4. The van der Waals surface area contributed by atoms with Crippen LogP contribution in [0.15, 0.2) is 18.2 Å². The monoisotopic (exact) mass is 310 g/mol. The zero-order chi connectivity index (χ0) is 16.0. The Morgan fingerprint density at radius 3 is 2.24 bits per heavy atom. The predicted octanol–water partition coefficient (Wildman–Crippen LogP) is 4.96. The van der Waals surface area contributed by atoms with Crippen LogP contribution in [0, 0.1) is 11.8 Å². The van der Waals surface area contributed by atoms with E-state index in [9.17, 15) is 0 Å². The maximum Gasteiger partial charge on any atom is 0.0415 e. The molecule has 0 heterocycles. The molecule has 0 bridgehead atoms. The van der Waals surface area contributed by atoms with E-state index in [1.165, 1.54) is 11.3 Å². The van der Waals surface area contributed by atoms with Crippen molar-refractivity contribution in [1.82, 2.24) is 5.32 Å². The highest BCUT2D eigenvalue weighted by Crippen LogP contribution is 2.27. The Kier molecular flexibility index (Phi) is 7.55. The summed E-state index contributed by atoms with van der Waals surface area (Å²) in [6, 6.07) is 6.74. The summed E-state index contributed by atoms with van der Waals surface area (Å²) in [7, 11) is 0. The second-order valence-electron chi connectivity index (χ2n) is 6.94. The van der Waals surface area contributed by atoms with E-state index in [0.717, 1.165) is 24.7 Å². The van der Waals surface area contributed by atoms with Gasteiger partial charge in [0.1, 0.15) is 0 Å². The lowest BCUT2D eigenvalue weighted by Crippen LogP contribution is -2.35. The van der Waals surface area contributed by atoms with Crippen LogP contribution in [0.25, 0.3) is 0 Å². The van der Waals surface area contributed by atoms with E-state index in [-0.39, 0.29) is 0 Å². The van der Waals surface area contributed by atoms with Crippen LogP contribution in [0.3, 0.4) is 0 Å². The van der Waals surface area contributed by atoms with Crippen molar-refractivity contribution in [3.05, 3.63) is 28.8 Å². The molecular weight excluding hydrogens is 280 g/mol. The van der Waals surface area contributed by atoms with Gasteiger partial charge in [-0.2, -0.15) is 0 Å². The molecule has 3 heteroatoms. The molecule has 1 aromatic rings. The molecule has 0 fully saturated rings. The fourth-order valence-corrected chi connectivity index (χ4v) is 2.65. The van der Waals surface area contributed by atoms with Crippen LogP contribution in [0.2, 0.25) is 5.02 Å². The lowest BCUT2D eigenvalue weighted by molar-refractivity contribution is 0.545. The number of halogens is 1. The molecule has 1 rings (SSSR count). The molecule has 1 N–H and O–H groups in total. The van der Waals surface area contributed by atoms with Gasteiger partial charge in [0.15, 0.2) is 0 Å². The average molecular weight is 311 g/mol. The van der Waals surface area contributed by atoms with Crippen molar-refractivity contribution in [1.29, 1.82) is 0 Å². The van der Waals surface area contributed by atoms with Crippen LogP contribution < -0.4 is 10.2 Å². The highest BCUT2D eigenvalue weighted by molar-refractivity contribution is 6.30. The number of hydrogen-bond donors (Lipinski definition) is 1. The first-order valence-corrected chi connectivity index (χ1v) is 8.44. The second kappa shape index (κ2) is 8.65. The summed E-state index contributed by atoms with van der Waals surface area (Å²) in [5, 5.41) is 4.34. The van der Waals surface area contributed by atoms with Crippen molar-refractivity contribution in [2.45, 2.75) is 54.1 Å². The van der Waals surface area contributed by atoms with Gasteiger partial charge in [-0.05, 0) is 56.0 Å². The normalized spacial score (nSPS) is 11.7. The van der Waals surface area contributed by atoms with Gasteiger partial charge in [-0.3, -0.25) is 0 Å². The average Bonchev–Trinajstić information content (AvgIpc) is 2.35. The van der Waals surface area contributed by atoms with E-state index in [1.807, 2.05) is 6.07 Å². The van der Waals surface area contributed by atoms with Crippen molar-refractivity contribution in [2.75, 3.05) is 18.0 Å². The first kappa shape index (κ1) is 18.3. The van der Waals surface area contributed by atoms with Gasteiger partial charge in [0.25, 0.3) is 0 Å². The van der Waals surface area contributed by atoms with Gasteiger partial charge in [0.05, 0.1) is 0 Å². The summed E-state index contributed by atoms with van der Waals surface area (Å²) in [5.41, 5.74) is 2.59. The van der Waals surface area contributed by atoms with Crippen molar-refractivity contribution in [3.8, 4) is 0 Å². The SMILES string of the molecule is CC(C)CNCc1cc(Cl)ccc1N(CC(C)C)C(C)C. The van der Waals surface area contributed by atoms with Gasteiger partial charge in [0.2, 0.25) is 0 Å². The van der Waals surface area contributed by atoms with Gasteiger partial charge in [-0.15, -0.1) is 0 Å². The van der Waals surface area contributed by atoms with E-state index in [1.54, 1.807) is 0 Å². The molecule has 0 aliphatic carbocycles. The van der Waals surface area contributed by atoms with E-state index in [2.05, 4.69) is 63.9 Å². The minimum atomic E-state index is 0.484. The standard InChI is InChI=1S/C18H31ClN2/c1-13(2)10-20-11-16-9-17(19)7-8-18(16)21(15(5)6)12-14(3)4/h7-9,13-15,20H,10-12H2,1-6H3. The highest BCUT2D eigenvalue weighted by Gasteiger charge is 2.16. The van der Waals surface area contributed by atoms with Gasteiger partial charge < -0.3 is 10.2 Å². The summed E-state index contributed by atoms with van der Waals surface area (Å²) in [6.45, 7) is 16.5. The molecule has 0 aromatic heterocycles. The number of hydrogen-bond acceptors (Lipinski definition) is 2. The fraction of sp³-hybridized carbons (Fsp3) is 0.667. The molecule has 0 amide bonds. The predicted molar refractivity (Wildman–Crippen MR) is 95.3 cm³/mol. The molecule has 0 spiro atoms. The molecule has 0 aliphatic rings. The van der Waals surface area contributed by atoms with E-state index in [4.69, 9.17) is 11.6 Å². The third-order valence-corrected chi connectivity index (χ3v) is 3.64. The first-order chi connectivity index (χ1) is 9.81. The fourth-order valence-electron chi connectivity index (χ4n) is 2.45. The molecule has 2 nitrogen and oxygen atoms in total. The number of anilines is 1. The molecule has 0 aliphatic heterocycles. The Hall–Kier alpha value is -0.730. The molecule has 0 saturated heterocycles. The zero-order valence-corrected chi connectivity index (χ0v) is 15.2. The molecule has 1 aromatic carbocycles. The number of benzene rings is 1. The molecule has 0 atom stereocenters. The van der Waals surface area contributed by atoms with Crippen LogP contribution in [-0.2, 0) is 6.54 Å². The van der Waals surface area contributed by atoms with Crippen molar-refractivity contribution < 1.29 is 0 Å². The van der Waals surface area contributed by atoms with Crippen molar-refractivity contribution in [2.24, 2.45) is 11.8 Å². The van der Waals surface area contributed by atoms with Crippen LogP contribution in [0.4, 0.5) is 5.69 Å². The Bertz CT molecular complexity index is 427. The molecule has 0 radical (unpaired) electrons. The summed E-state index contributed by atoms with van der Waals surface area (Å²) in [4.78, 5) is 2.48. The number of nitrogens with one attached hydrogen (secondary N) is 1. The maximum atomic E-state index is 6.20. The second-order valence-corrected chi connectivity index (χ2v) is 7.37. The Balaban J connectivity index is 2.97. The summed E-state index contributed by atoms with van der Waals surface area (Å²) < 4.78 is 0. The molecule has 21 heavy (non-hydrogen) atoms. The quantitative estimate of drug-likeness (QED) is 0.730. The number of rotatable bonds is 8. The minimum Gasteiger partial charge on any atom is -0.369 e. The first-order valence-electron chi connectivity index (χ1n) is 8.07. The van der Waals surface area contributed by atoms with Crippen LogP contribution in [-0.4, -0.2) is 19.1 Å². The van der Waals surface area contributed by atoms with E-state index >= 15 is 0 Å².